The predicted molar refractivity (Wildman–Crippen MR) is 117 cm³/mol. The van der Waals surface area contributed by atoms with Crippen molar-refractivity contribution in [1.82, 2.24) is 5.16 Å². The van der Waals surface area contributed by atoms with Crippen molar-refractivity contribution in [3.05, 3.63) is 17.0 Å². The fourth-order valence-electron chi connectivity index (χ4n) is 6.14. The van der Waals surface area contributed by atoms with Crippen molar-refractivity contribution in [2.45, 2.75) is 103 Å². The van der Waals surface area contributed by atoms with Gasteiger partial charge in [-0.2, -0.15) is 13.2 Å². The van der Waals surface area contributed by atoms with E-state index in [1.165, 1.54) is 23.4 Å². The van der Waals surface area contributed by atoms with Crippen LogP contribution in [0.4, 0.5) is 13.2 Å². The summed E-state index contributed by atoms with van der Waals surface area (Å²) in [6.07, 6.45) is 0.572. The second kappa shape index (κ2) is 9.57. The third-order valence-corrected chi connectivity index (χ3v) is 7.53. The van der Waals surface area contributed by atoms with Crippen LogP contribution in [0, 0.1) is 17.8 Å². The first-order chi connectivity index (χ1) is 15.1. The minimum atomic E-state index is -5.08. The number of fused-ring (bicyclic) bond motifs is 4. The van der Waals surface area contributed by atoms with Crippen LogP contribution in [0.1, 0.15) is 91.2 Å². The number of carboxylic acids is 1. The van der Waals surface area contributed by atoms with Crippen molar-refractivity contribution in [2.75, 3.05) is 0 Å². The second-order valence-corrected chi connectivity index (χ2v) is 11.1. The van der Waals surface area contributed by atoms with Crippen LogP contribution in [0.2, 0.25) is 0 Å². The molecule has 1 aromatic rings. The first kappa shape index (κ1) is 28.8. The number of halogens is 3. The average Bonchev–Trinajstić information content (AvgIpc) is 3.36. The Balaban J connectivity index is 0.000000449. The Morgan fingerprint density at radius 3 is 2.15 bits per heavy atom. The van der Waals surface area contributed by atoms with Gasteiger partial charge in [0.2, 0.25) is 0 Å². The van der Waals surface area contributed by atoms with Gasteiger partial charge in [-0.05, 0) is 43.9 Å². The number of aliphatic carboxylic acids is 1. The summed E-state index contributed by atoms with van der Waals surface area (Å²) in [6.45, 7) is 15.8. The molecule has 34 heavy (non-hydrogen) atoms. The first-order valence-corrected chi connectivity index (χ1v) is 11.6. The van der Waals surface area contributed by atoms with Gasteiger partial charge in [-0.25, -0.2) is 4.79 Å². The number of oxime groups is 1. The van der Waals surface area contributed by atoms with Gasteiger partial charge in [0, 0.05) is 16.9 Å². The molecule has 4 rings (SSSR count). The third kappa shape index (κ3) is 4.57. The molecule has 1 aliphatic heterocycles. The van der Waals surface area contributed by atoms with Crippen molar-refractivity contribution in [1.29, 1.82) is 0 Å². The quantitative estimate of drug-likeness (QED) is 0.434. The molecule has 6 nitrogen and oxygen atoms in total. The summed E-state index contributed by atoms with van der Waals surface area (Å²) >= 11 is 0. The largest absolute Gasteiger partial charge is 2.00 e. The van der Waals surface area contributed by atoms with Crippen LogP contribution >= 0.6 is 0 Å². The van der Waals surface area contributed by atoms with Crippen LogP contribution in [-0.4, -0.2) is 33.7 Å². The molecule has 0 bridgehead atoms. The maximum Gasteiger partial charge on any atom is 2.00 e. The van der Waals surface area contributed by atoms with E-state index in [1.807, 2.05) is 0 Å². The zero-order valence-corrected chi connectivity index (χ0v) is 22.3. The maximum atomic E-state index is 10.6. The molecule has 1 spiro atoms. The molecule has 3 aliphatic rings. The molecular formula is C24H35F3N2O4Pd+2. The van der Waals surface area contributed by atoms with E-state index in [2.05, 4.69) is 53.6 Å². The van der Waals surface area contributed by atoms with Gasteiger partial charge in [0.1, 0.15) is 11.4 Å². The van der Waals surface area contributed by atoms with Crippen LogP contribution in [0.15, 0.2) is 9.68 Å². The topological polar surface area (TPSA) is 84.9 Å². The van der Waals surface area contributed by atoms with Crippen molar-refractivity contribution in [3.63, 3.8) is 0 Å². The first-order valence-electron chi connectivity index (χ1n) is 11.6. The molecule has 1 N–H and O–H groups in total. The molecule has 0 radical (unpaired) electrons. The zero-order valence-electron chi connectivity index (χ0n) is 20.8. The van der Waals surface area contributed by atoms with Gasteiger partial charge in [0.05, 0.1) is 16.8 Å². The van der Waals surface area contributed by atoms with Crippen molar-refractivity contribution in [3.8, 4) is 0 Å². The molecule has 0 amide bonds. The Morgan fingerprint density at radius 2 is 1.68 bits per heavy atom. The van der Waals surface area contributed by atoms with Crippen molar-refractivity contribution in [2.24, 2.45) is 22.9 Å². The number of rotatable bonds is 2. The van der Waals surface area contributed by atoms with Crippen LogP contribution < -0.4 is 0 Å². The summed E-state index contributed by atoms with van der Waals surface area (Å²) in [5, 5.41) is 16.5. The standard InChI is InChI=1S/C22H34N2O2.C2HF3O2.Pd/c1-13(2)22(14(3)4)16-10-12-21(18(16)24-26-22)11-8-9-15-17(21)23-25-19(15)20(5,6)7;3-2(4,5)1(6)7;/h13-14,16H,8-12H2,1-7H3;(H,6,7);/q;;+2/t16-,21+;;/m1../s1. The van der Waals surface area contributed by atoms with E-state index in [4.69, 9.17) is 24.4 Å². The zero-order chi connectivity index (χ0) is 25.0. The van der Waals surface area contributed by atoms with Gasteiger partial charge in [0.15, 0.2) is 0 Å². The number of carbonyl (C=O) groups is 1. The Labute approximate surface area is 212 Å². The predicted octanol–water partition coefficient (Wildman–Crippen LogP) is 6.02. The van der Waals surface area contributed by atoms with Gasteiger partial charge in [0.25, 0.3) is 0 Å². The Bertz CT molecular complexity index is 926. The molecule has 0 saturated heterocycles. The van der Waals surface area contributed by atoms with E-state index in [-0.39, 0.29) is 36.9 Å². The molecule has 2 aliphatic carbocycles. The summed E-state index contributed by atoms with van der Waals surface area (Å²) in [5.41, 5.74) is 3.53. The summed E-state index contributed by atoms with van der Waals surface area (Å²) < 4.78 is 37.7. The Kier molecular flexibility index (Phi) is 8.12. The minimum absolute atomic E-state index is 0. The molecular weight excluding hydrogens is 544 g/mol. The van der Waals surface area contributed by atoms with E-state index >= 15 is 0 Å². The molecule has 0 aromatic carbocycles. The fourth-order valence-corrected chi connectivity index (χ4v) is 6.14. The van der Waals surface area contributed by atoms with Gasteiger partial charge in [-0.1, -0.05) is 58.8 Å². The smallest absolute Gasteiger partial charge is 0.475 e. The number of hydrogen-bond donors (Lipinski definition) is 1. The maximum absolute atomic E-state index is 10.6. The van der Waals surface area contributed by atoms with E-state index in [1.54, 1.807) is 0 Å². The fraction of sp³-hybridized carbons (Fsp3) is 0.792. The van der Waals surface area contributed by atoms with Crippen LogP contribution in [-0.2, 0) is 47.3 Å². The summed E-state index contributed by atoms with van der Waals surface area (Å²) in [6, 6.07) is 0. The van der Waals surface area contributed by atoms with E-state index in [9.17, 15) is 13.2 Å². The molecule has 1 saturated carbocycles. The molecule has 0 unspecified atom stereocenters. The van der Waals surface area contributed by atoms with E-state index < -0.39 is 12.1 Å². The average molecular weight is 579 g/mol. The molecule has 1 aromatic heterocycles. The van der Waals surface area contributed by atoms with E-state index in [0.717, 1.165) is 31.4 Å². The van der Waals surface area contributed by atoms with E-state index in [0.29, 0.717) is 17.8 Å². The Hall–Kier alpha value is -1.40. The Morgan fingerprint density at radius 1 is 1.12 bits per heavy atom. The monoisotopic (exact) mass is 578 g/mol. The minimum Gasteiger partial charge on any atom is -0.475 e. The van der Waals surface area contributed by atoms with Crippen LogP contribution in [0.5, 0.6) is 0 Å². The van der Waals surface area contributed by atoms with Gasteiger partial charge >= 0.3 is 32.6 Å². The third-order valence-electron chi connectivity index (χ3n) is 7.53. The van der Waals surface area contributed by atoms with Crippen LogP contribution in [0.3, 0.4) is 0 Å². The molecule has 194 valence electrons. The van der Waals surface area contributed by atoms with Crippen molar-refractivity contribution >= 4 is 11.7 Å². The van der Waals surface area contributed by atoms with Crippen molar-refractivity contribution < 1.29 is 52.9 Å². The number of aromatic nitrogens is 1. The number of nitrogens with zero attached hydrogens (tertiary/aromatic N) is 2. The molecule has 10 heteroatoms. The molecule has 1 fully saturated rings. The normalized spacial score (nSPS) is 25.2. The summed E-state index contributed by atoms with van der Waals surface area (Å²) in [4.78, 5) is 15.2. The number of alkyl halides is 3. The van der Waals surface area contributed by atoms with Gasteiger partial charge in [-0.15, -0.1) is 0 Å². The van der Waals surface area contributed by atoms with Gasteiger partial charge < -0.3 is 14.5 Å². The van der Waals surface area contributed by atoms with Gasteiger partial charge in [-0.3, -0.25) is 0 Å². The molecule has 2 atom stereocenters. The summed E-state index contributed by atoms with van der Waals surface area (Å²) in [5.74, 6) is -0.409. The number of hydrogen-bond acceptors (Lipinski definition) is 5. The number of carboxylic acid groups (broad SMARTS) is 1. The summed E-state index contributed by atoms with van der Waals surface area (Å²) in [7, 11) is 0. The SMILES string of the molecule is CC(C)C1(C(C)C)ON=C2[C@H]1CC[C@]21CCCc2c1noc2C(C)(C)C.O=C(O)C(F)(F)F.[Pd+2]. The second-order valence-electron chi connectivity index (χ2n) is 11.1. The van der Waals surface area contributed by atoms with Crippen LogP contribution in [0.25, 0.3) is 0 Å². The molecule has 2 heterocycles.